The second-order valence-electron chi connectivity index (χ2n) is 5.79. The largest absolute Gasteiger partial charge is 0.396 e. The summed E-state index contributed by atoms with van der Waals surface area (Å²) in [5, 5.41) is 15.8. The van der Waals surface area contributed by atoms with Crippen molar-refractivity contribution in [3.05, 3.63) is 0 Å². The predicted molar refractivity (Wildman–Crippen MR) is 73.3 cm³/mol. The number of carbonyl (C=O) groups excluding carboxylic acids is 1. The van der Waals surface area contributed by atoms with Crippen LogP contribution in [0.5, 0.6) is 0 Å². The number of hydrogen-bond donors (Lipinski definition) is 3. The SMILES string of the molecule is CCC(C)NC(=O)C(C)NCC1(CO)CCCC1. The smallest absolute Gasteiger partial charge is 0.237 e. The molecule has 1 fully saturated rings. The Morgan fingerprint density at radius 1 is 1.33 bits per heavy atom. The van der Waals surface area contributed by atoms with Crippen LogP contribution < -0.4 is 10.6 Å². The fourth-order valence-electron chi connectivity index (χ4n) is 2.45. The quantitative estimate of drug-likeness (QED) is 0.646. The zero-order valence-corrected chi connectivity index (χ0v) is 12.0. The summed E-state index contributed by atoms with van der Waals surface area (Å²) in [6.45, 7) is 6.91. The van der Waals surface area contributed by atoms with Gasteiger partial charge in [0.15, 0.2) is 0 Å². The minimum absolute atomic E-state index is 0.00487. The van der Waals surface area contributed by atoms with E-state index in [4.69, 9.17) is 0 Å². The van der Waals surface area contributed by atoms with Crippen molar-refractivity contribution in [1.29, 1.82) is 0 Å². The average Bonchev–Trinajstić information content (AvgIpc) is 2.85. The van der Waals surface area contributed by atoms with Gasteiger partial charge in [-0.25, -0.2) is 0 Å². The van der Waals surface area contributed by atoms with Crippen LogP contribution >= 0.6 is 0 Å². The Bertz CT molecular complexity index is 263. The highest BCUT2D eigenvalue weighted by molar-refractivity contribution is 5.81. The summed E-state index contributed by atoms with van der Waals surface area (Å²) < 4.78 is 0. The summed E-state index contributed by atoms with van der Waals surface area (Å²) in [6, 6.07) is 0.0306. The molecule has 0 radical (unpaired) electrons. The van der Waals surface area contributed by atoms with Crippen molar-refractivity contribution in [1.82, 2.24) is 10.6 Å². The molecule has 4 nitrogen and oxygen atoms in total. The van der Waals surface area contributed by atoms with Crippen LogP contribution in [0.4, 0.5) is 0 Å². The first kappa shape index (κ1) is 15.4. The second-order valence-corrected chi connectivity index (χ2v) is 5.79. The summed E-state index contributed by atoms with van der Waals surface area (Å²) in [4.78, 5) is 11.9. The minimum Gasteiger partial charge on any atom is -0.396 e. The lowest BCUT2D eigenvalue weighted by molar-refractivity contribution is -0.123. The van der Waals surface area contributed by atoms with E-state index in [1.807, 2.05) is 13.8 Å². The molecule has 0 spiro atoms. The first-order valence-electron chi connectivity index (χ1n) is 7.17. The fourth-order valence-corrected chi connectivity index (χ4v) is 2.45. The molecule has 1 amide bonds. The van der Waals surface area contributed by atoms with Crippen molar-refractivity contribution in [3.8, 4) is 0 Å². The number of rotatable bonds is 7. The first-order valence-corrected chi connectivity index (χ1v) is 7.17. The Hall–Kier alpha value is -0.610. The lowest BCUT2D eigenvalue weighted by Crippen LogP contribution is -2.48. The molecule has 106 valence electrons. The van der Waals surface area contributed by atoms with E-state index in [1.165, 1.54) is 12.8 Å². The van der Waals surface area contributed by atoms with Gasteiger partial charge in [0.25, 0.3) is 0 Å². The van der Waals surface area contributed by atoms with E-state index in [0.717, 1.165) is 25.8 Å². The summed E-state index contributed by atoms with van der Waals surface area (Å²) in [7, 11) is 0. The molecule has 1 aliphatic rings. The van der Waals surface area contributed by atoms with E-state index >= 15 is 0 Å². The number of carbonyl (C=O) groups is 1. The third kappa shape index (κ3) is 4.25. The molecular formula is C14H28N2O2. The minimum atomic E-state index is -0.192. The predicted octanol–water partition coefficient (Wildman–Crippen LogP) is 1.43. The molecule has 0 aromatic rings. The molecular weight excluding hydrogens is 228 g/mol. The van der Waals surface area contributed by atoms with Gasteiger partial charge in [-0.2, -0.15) is 0 Å². The molecule has 0 saturated heterocycles. The Kier molecular flexibility index (Phi) is 6.09. The zero-order valence-electron chi connectivity index (χ0n) is 12.0. The topological polar surface area (TPSA) is 61.4 Å². The van der Waals surface area contributed by atoms with Gasteiger partial charge in [0.2, 0.25) is 5.91 Å². The maximum Gasteiger partial charge on any atom is 0.237 e. The Balaban J connectivity index is 2.35. The van der Waals surface area contributed by atoms with Gasteiger partial charge >= 0.3 is 0 Å². The van der Waals surface area contributed by atoms with Gasteiger partial charge in [-0.3, -0.25) is 4.79 Å². The lowest BCUT2D eigenvalue weighted by Gasteiger charge is -2.28. The van der Waals surface area contributed by atoms with Crippen LogP contribution in [0.2, 0.25) is 0 Å². The Labute approximate surface area is 111 Å². The first-order chi connectivity index (χ1) is 8.53. The third-order valence-electron chi connectivity index (χ3n) is 4.18. The maximum absolute atomic E-state index is 11.9. The van der Waals surface area contributed by atoms with Gasteiger partial charge in [0, 0.05) is 24.6 Å². The summed E-state index contributed by atoms with van der Waals surface area (Å²) in [5.74, 6) is 0.0513. The highest BCUT2D eigenvalue weighted by atomic mass is 16.3. The fraction of sp³-hybridized carbons (Fsp3) is 0.929. The standard InChI is InChI=1S/C14H28N2O2/c1-4-11(2)16-13(18)12(3)15-9-14(10-17)7-5-6-8-14/h11-12,15,17H,4-10H2,1-3H3,(H,16,18). The Morgan fingerprint density at radius 3 is 2.44 bits per heavy atom. The molecule has 2 unspecified atom stereocenters. The average molecular weight is 256 g/mol. The zero-order chi connectivity index (χ0) is 13.6. The molecule has 1 saturated carbocycles. The van der Waals surface area contributed by atoms with Crippen molar-refractivity contribution in [2.75, 3.05) is 13.2 Å². The molecule has 1 rings (SSSR count). The third-order valence-corrected chi connectivity index (χ3v) is 4.18. The van der Waals surface area contributed by atoms with Crippen molar-refractivity contribution in [2.24, 2.45) is 5.41 Å². The van der Waals surface area contributed by atoms with E-state index in [2.05, 4.69) is 17.6 Å². The van der Waals surface area contributed by atoms with Gasteiger partial charge in [-0.05, 0) is 33.1 Å². The molecule has 18 heavy (non-hydrogen) atoms. The molecule has 2 atom stereocenters. The van der Waals surface area contributed by atoms with Crippen molar-refractivity contribution in [2.45, 2.75) is 65.0 Å². The molecule has 0 bridgehead atoms. The molecule has 3 N–H and O–H groups in total. The molecule has 4 heteroatoms. The number of amides is 1. The van der Waals surface area contributed by atoms with Crippen molar-refractivity contribution in [3.63, 3.8) is 0 Å². The maximum atomic E-state index is 11.9. The van der Waals surface area contributed by atoms with Crippen LogP contribution in [0.25, 0.3) is 0 Å². The van der Waals surface area contributed by atoms with Crippen LogP contribution in [0.3, 0.4) is 0 Å². The Morgan fingerprint density at radius 2 is 1.94 bits per heavy atom. The summed E-state index contributed by atoms with van der Waals surface area (Å²) in [5.41, 5.74) is 0.00487. The van der Waals surface area contributed by atoms with Crippen molar-refractivity contribution < 1.29 is 9.90 Å². The highest BCUT2D eigenvalue weighted by Gasteiger charge is 2.33. The monoisotopic (exact) mass is 256 g/mol. The van der Waals surface area contributed by atoms with Gasteiger partial charge in [0.05, 0.1) is 6.04 Å². The van der Waals surface area contributed by atoms with E-state index in [-0.39, 0.29) is 30.0 Å². The second kappa shape index (κ2) is 7.10. The van der Waals surface area contributed by atoms with Crippen molar-refractivity contribution >= 4 is 5.91 Å². The molecule has 0 aromatic carbocycles. The normalized spacial score (nSPS) is 21.6. The van der Waals surface area contributed by atoms with E-state index < -0.39 is 0 Å². The summed E-state index contributed by atoms with van der Waals surface area (Å²) >= 11 is 0. The van der Waals surface area contributed by atoms with Crippen LogP contribution in [-0.2, 0) is 4.79 Å². The van der Waals surface area contributed by atoms with Gasteiger partial charge in [0.1, 0.15) is 0 Å². The van der Waals surface area contributed by atoms with Gasteiger partial charge < -0.3 is 15.7 Å². The van der Waals surface area contributed by atoms with Crippen LogP contribution in [0.15, 0.2) is 0 Å². The number of aliphatic hydroxyl groups is 1. The van der Waals surface area contributed by atoms with Gasteiger partial charge in [-0.15, -0.1) is 0 Å². The van der Waals surface area contributed by atoms with Crippen LogP contribution in [-0.4, -0.2) is 36.2 Å². The van der Waals surface area contributed by atoms with Crippen LogP contribution in [0, 0.1) is 5.41 Å². The molecule has 0 aliphatic heterocycles. The molecule has 0 heterocycles. The lowest BCUT2D eigenvalue weighted by atomic mass is 9.87. The summed E-state index contributed by atoms with van der Waals surface area (Å²) in [6.07, 6.45) is 5.46. The van der Waals surface area contributed by atoms with E-state index in [0.29, 0.717) is 0 Å². The van der Waals surface area contributed by atoms with Crippen LogP contribution in [0.1, 0.15) is 52.9 Å². The van der Waals surface area contributed by atoms with Gasteiger partial charge in [-0.1, -0.05) is 19.8 Å². The highest BCUT2D eigenvalue weighted by Crippen LogP contribution is 2.36. The number of hydrogen-bond acceptors (Lipinski definition) is 3. The molecule has 1 aliphatic carbocycles. The van der Waals surface area contributed by atoms with E-state index in [9.17, 15) is 9.90 Å². The molecule has 0 aromatic heterocycles. The van der Waals surface area contributed by atoms with E-state index in [1.54, 1.807) is 0 Å². The number of nitrogens with one attached hydrogen (secondary N) is 2. The number of aliphatic hydroxyl groups excluding tert-OH is 1.